The van der Waals surface area contributed by atoms with E-state index in [9.17, 15) is 4.79 Å². The largest absolute Gasteiger partial charge is 0.303 e. The number of rotatable bonds is 3. The van der Waals surface area contributed by atoms with E-state index in [1.807, 2.05) is 12.1 Å². The summed E-state index contributed by atoms with van der Waals surface area (Å²) in [4.78, 5) is 17.4. The first-order valence-electron chi connectivity index (χ1n) is 6.06. The van der Waals surface area contributed by atoms with Gasteiger partial charge in [-0.2, -0.15) is 0 Å². The molecule has 1 aromatic heterocycles. The van der Waals surface area contributed by atoms with Crippen LogP contribution in [0.25, 0.3) is 0 Å². The monoisotopic (exact) mass is 258 g/mol. The summed E-state index contributed by atoms with van der Waals surface area (Å²) in [6, 6.07) is 8.05. The highest BCUT2D eigenvalue weighted by molar-refractivity contribution is 7.09. The third kappa shape index (κ3) is 2.21. The van der Waals surface area contributed by atoms with Gasteiger partial charge in [-0.1, -0.05) is 24.3 Å². The van der Waals surface area contributed by atoms with Gasteiger partial charge in [-0.15, -0.1) is 11.3 Å². The first kappa shape index (κ1) is 11.6. The molecular weight excluding hydrogens is 244 g/mol. The summed E-state index contributed by atoms with van der Waals surface area (Å²) in [6.07, 6.45) is 3.24. The van der Waals surface area contributed by atoms with Crippen LogP contribution in [0, 0.1) is 0 Å². The van der Waals surface area contributed by atoms with Crippen molar-refractivity contribution in [1.29, 1.82) is 0 Å². The minimum absolute atomic E-state index is 0.156. The number of hydrogen-bond acceptors (Lipinski definition) is 4. The van der Waals surface area contributed by atoms with E-state index in [-0.39, 0.29) is 11.8 Å². The second-order valence-electron chi connectivity index (χ2n) is 4.45. The number of ketones is 1. The molecule has 1 atom stereocenters. The van der Waals surface area contributed by atoms with Gasteiger partial charge in [-0.25, -0.2) is 0 Å². The number of benzene rings is 1. The van der Waals surface area contributed by atoms with Crippen LogP contribution in [0.15, 0.2) is 36.0 Å². The molecule has 0 fully saturated rings. The number of aromatic nitrogens is 1. The molecule has 1 aliphatic heterocycles. The van der Waals surface area contributed by atoms with E-state index < -0.39 is 0 Å². The number of thiazole rings is 1. The van der Waals surface area contributed by atoms with Crippen molar-refractivity contribution >= 4 is 17.1 Å². The Balaban J connectivity index is 1.83. The van der Waals surface area contributed by atoms with Crippen LogP contribution in [-0.4, -0.2) is 17.3 Å². The number of Topliss-reactive ketones (excluding diaryl/α,β-unsaturated/α-hetero) is 1. The Bertz CT molecular complexity index is 551. The van der Waals surface area contributed by atoms with Crippen molar-refractivity contribution in [3.05, 3.63) is 52.0 Å². The zero-order chi connectivity index (χ0) is 12.4. The molecule has 0 saturated carbocycles. The lowest BCUT2D eigenvalue weighted by Gasteiger charge is -2.25. The van der Waals surface area contributed by atoms with Gasteiger partial charge in [-0.05, 0) is 17.5 Å². The van der Waals surface area contributed by atoms with E-state index in [0.29, 0.717) is 6.42 Å². The number of nitrogens with one attached hydrogen (secondary N) is 1. The fourth-order valence-electron chi connectivity index (χ4n) is 2.40. The Hall–Kier alpha value is -1.52. The Morgan fingerprint density at radius 2 is 2.33 bits per heavy atom. The average Bonchev–Trinajstić information content (AvgIpc) is 2.91. The van der Waals surface area contributed by atoms with Crippen LogP contribution in [0.4, 0.5) is 0 Å². The van der Waals surface area contributed by atoms with Gasteiger partial charge in [0.1, 0.15) is 0 Å². The van der Waals surface area contributed by atoms with E-state index in [1.54, 1.807) is 11.7 Å². The lowest BCUT2D eigenvalue weighted by Crippen LogP contribution is -2.35. The lowest BCUT2D eigenvalue weighted by molar-refractivity contribution is -0.120. The Morgan fingerprint density at radius 3 is 3.17 bits per heavy atom. The fraction of sp³-hybridized carbons (Fsp3) is 0.286. The number of nitrogens with zero attached hydrogens (tertiary/aromatic N) is 1. The van der Waals surface area contributed by atoms with Crippen molar-refractivity contribution in [2.24, 2.45) is 0 Å². The SMILES string of the molecule is O=C(Cc1cncs1)C1NCCc2ccccc21. The second-order valence-corrected chi connectivity index (χ2v) is 5.42. The second kappa shape index (κ2) is 5.00. The molecule has 2 heterocycles. The molecule has 18 heavy (non-hydrogen) atoms. The van der Waals surface area contributed by atoms with E-state index in [0.717, 1.165) is 23.4 Å². The zero-order valence-corrected chi connectivity index (χ0v) is 10.7. The van der Waals surface area contributed by atoms with E-state index in [1.165, 1.54) is 16.9 Å². The van der Waals surface area contributed by atoms with Crippen LogP contribution >= 0.6 is 11.3 Å². The molecule has 1 aromatic carbocycles. The Morgan fingerprint density at radius 1 is 1.44 bits per heavy atom. The Labute approximate surface area is 110 Å². The van der Waals surface area contributed by atoms with Crippen molar-refractivity contribution in [3.8, 4) is 0 Å². The third-order valence-corrected chi connectivity index (χ3v) is 4.04. The van der Waals surface area contributed by atoms with E-state index in [2.05, 4.69) is 22.4 Å². The van der Waals surface area contributed by atoms with Gasteiger partial charge in [0, 0.05) is 24.0 Å². The highest BCUT2D eigenvalue weighted by Gasteiger charge is 2.25. The smallest absolute Gasteiger partial charge is 0.159 e. The van der Waals surface area contributed by atoms with Gasteiger partial charge in [-0.3, -0.25) is 9.78 Å². The minimum atomic E-state index is -0.156. The highest BCUT2D eigenvalue weighted by atomic mass is 32.1. The summed E-state index contributed by atoms with van der Waals surface area (Å²) in [7, 11) is 0. The summed E-state index contributed by atoms with van der Waals surface area (Å²) in [6.45, 7) is 0.871. The maximum Gasteiger partial charge on any atom is 0.159 e. The summed E-state index contributed by atoms with van der Waals surface area (Å²) in [5.41, 5.74) is 4.20. The molecule has 4 heteroatoms. The molecule has 0 radical (unpaired) electrons. The topological polar surface area (TPSA) is 42.0 Å². The van der Waals surface area contributed by atoms with Crippen molar-refractivity contribution < 1.29 is 4.79 Å². The normalized spacial score (nSPS) is 18.3. The Kier molecular flexibility index (Phi) is 3.21. The van der Waals surface area contributed by atoms with Crippen molar-refractivity contribution in [2.75, 3.05) is 6.54 Å². The molecule has 1 aliphatic rings. The molecule has 0 spiro atoms. The quantitative estimate of drug-likeness (QED) is 0.917. The molecular formula is C14H14N2OS. The summed E-state index contributed by atoms with van der Waals surface area (Å²) in [5.74, 6) is 0.228. The van der Waals surface area contributed by atoms with Gasteiger partial charge in [0.05, 0.1) is 11.6 Å². The number of carbonyl (C=O) groups is 1. The molecule has 0 amide bonds. The molecule has 0 bridgehead atoms. The van der Waals surface area contributed by atoms with Crippen LogP contribution in [0.5, 0.6) is 0 Å². The molecule has 0 aliphatic carbocycles. The predicted octanol–water partition coefficient (Wildman–Crippen LogP) is 2.14. The van der Waals surface area contributed by atoms with E-state index >= 15 is 0 Å². The molecule has 2 aromatic rings. The predicted molar refractivity (Wildman–Crippen MR) is 71.7 cm³/mol. The first-order chi connectivity index (χ1) is 8.84. The van der Waals surface area contributed by atoms with Gasteiger partial charge >= 0.3 is 0 Å². The van der Waals surface area contributed by atoms with Gasteiger partial charge in [0.25, 0.3) is 0 Å². The first-order valence-corrected chi connectivity index (χ1v) is 6.94. The van der Waals surface area contributed by atoms with Gasteiger partial charge < -0.3 is 5.32 Å². The maximum atomic E-state index is 12.3. The van der Waals surface area contributed by atoms with Crippen LogP contribution < -0.4 is 5.32 Å². The molecule has 0 saturated heterocycles. The lowest BCUT2D eigenvalue weighted by atomic mass is 9.91. The van der Waals surface area contributed by atoms with Crippen molar-refractivity contribution in [2.45, 2.75) is 18.9 Å². The van der Waals surface area contributed by atoms with Crippen LogP contribution in [0.2, 0.25) is 0 Å². The standard InChI is InChI=1S/C14H14N2OS/c17-13(7-11-8-15-9-18-11)14-12-4-2-1-3-10(12)5-6-16-14/h1-4,8-9,14,16H,5-7H2. The fourth-order valence-corrected chi connectivity index (χ4v) is 3.00. The van der Waals surface area contributed by atoms with Crippen molar-refractivity contribution in [3.63, 3.8) is 0 Å². The van der Waals surface area contributed by atoms with Gasteiger partial charge in [0.2, 0.25) is 0 Å². The molecule has 3 rings (SSSR count). The van der Waals surface area contributed by atoms with Gasteiger partial charge in [0.15, 0.2) is 5.78 Å². The number of hydrogen-bond donors (Lipinski definition) is 1. The van der Waals surface area contributed by atoms with Crippen LogP contribution in [0.3, 0.4) is 0 Å². The number of fused-ring (bicyclic) bond motifs is 1. The maximum absolute atomic E-state index is 12.3. The summed E-state index contributed by atoms with van der Waals surface area (Å²) in [5, 5.41) is 3.32. The van der Waals surface area contributed by atoms with Crippen molar-refractivity contribution in [1.82, 2.24) is 10.3 Å². The van der Waals surface area contributed by atoms with Crippen LogP contribution in [0.1, 0.15) is 22.0 Å². The average molecular weight is 258 g/mol. The van der Waals surface area contributed by atoms with Crippen LogP contribution in [-0.2, 0) is 17.6 Å². The molecule has 92 valence electrons. The zero-order valence-electron chi connectivity index (χ0n) is 9.93. The summed E-state index contributed by atoms with van der Waals surface area (Å²) >= 11 is 1.54. The highest BCUT2D eigenvalue weighted by Crippen LogP contribution is 2.24. The molecule has 3 nitrogen and oxygen atoms in total. The summed E-state index contributed by atoms with van der Waals surface area (Å²) < 4.78 is 0. The third-order valence-electron chi connectivity index (χ3n) is 3.26. The van der Waals surface area contributed by atoms with E-state index in [4.69, 9.17) is 0 Å². The molecule has 1 unspecified atom stereocenters. The molecule has 1 N–H and O–H groups in total. The number of carbonyl (C=O) groups excluding carboxylic acids is 1. The minimum Gasteiger partial charge on any atom is -0.303 e.